The van der Waals surface area contributed by atoms with Crippen molar-refractivity contribution in [1.82, 2.24) is 9.55 Å². The Labute approximate surface area is 150 Å². The van der Waals surface area contributed by atoms with Crippen LogP contribution in [0, 0.1) is 6.92 Å². The van der Waals surface area contributed by atoms with E-state index < -0.39 is 29.7 Å². The number of aromatic nitrogens is 2. The van der Waals surface area contributed by atoms with Crippen LogP contribution in [0.25, 0.3) is 0 Å². The molecule has 0 amide bonds. The van der Waals surface area contributed by atoms with Crippen LogP contribution in [0.5, 0.6) is 0 Å². The third-order valence-corrected chi connectivity index (χ3v) is 6.38. The van der Waals surface area contributed by atoms with Crippen molar-refractivity contribution in [3.05, 3.63) is 62.4 Å². The van der Waals surface area contributed by atoms with Gasteiger partial charge in [-0.25, -0.2) is 0 Å². The molecule has 1 aliphatic rings. The number of aryl methyl sites for hydroxylation is 1. The number of H-pyrrole nitrogens is 1. The summed E-state index contributed by atoms with van der Waals surface area (Å²) in [6.07, 6.45) is -0.547. The van der Waals surface area contributed by atoms with Gasteiger partial charge in [0, 0.05) is 0 Å². The maximum atomic E-state index is 12.1. The van der Waals surface area contributed by atoms with E-state index in [1.165, 1.54) is 20.8 Å². The van der Waals surface area contributed by atoms with Crippen LogP contribution in [0.3, 0.4) is 0 Å². The molecule has 0 aliphatic carbocycles. The average Bonchev–Trinajstić information content (AvgIpc) is 2.96. The van der Waals surface area contributed by atoms with Crippen LogP contribution >= 0.6 is 0 Å². The first kappa shape index (κ1) is 18.1. The molecule has 1 aromatic heterocycles. The molecule has 7 nitrogen and oxygen atoms in total. The second kappa shape index (κ2) is 7.68. The zero-order valence-corrected chi connectivity index (χ0v) is 15.4. The molecule has 3 rings (SSSR count). The Morgan fingerprint density at radius 3 is 2.68 bits per heavy atom. The molecule has 3 N–H and O–H groups in total. The summed E-state index contributed by atoms with van der Waals surface area (Å²) in [7, 11) is 0. The molecule has 0 radical (unpaired) electrons. The first-order valence-electron chi connectivity index (χ1n) is 7.96. The van der Waals surface area contributed by atoms with Crippen LogP contribution in [0.4, 0.5) is 0 Å². The molecule has 25 heavy (non-hydrogen) atoms. The van der Waals surface area contributed by atoms with Crippen LogP contribution < -0.4 is 15.7 Å². The summed E-state index contributed by atoms with van der Waals surface area (Å²) < 4.78 is 7.97. The van der Waals surface area contributed by atoms with Crippen molar-refractivity contribution in [2.24, 2.45) is 0 Å². The van der Waals surface area contributed by atoms with Gasteiger partial charge in [-0.3, -0.25) is 0 Å². The number of nitrogens with one attached hydrogen (secondary N) is 1. The van der Waals surface area contributed by atoms with Gasteiger partial charge in [-0.05, 0) is 0 Å². The van der Waals surface area contributed by atoms with Crippen molar-refractivity contribution in [3.63, 3.8) is 0 Å². The molecular formula is C17H20N2O5Se. The Bertz CT molecular complexity index is 845. The van der Waals surface area contributed by atoms with E-state index in [0.29, 0.717) is 10.9 Å². The fourth-order valence-corrected chi connectivity index (χ4v) is 4.49. The number of rotatable bonds is 5. The summed E-state index contributed by atoms with van der Waals surface area (Å²) in [5, 5.41) is 19.6. The van der Waals surface area contributed by atoms with E-state index in [1.807, 2.05) is 31.2 Å². The van der Waals surface area contributed by atoms with Gasteiger partial charge >= 0.3 is 150 Å². The molecule has 8 heteroatoms. The van der Waals surface area contributed by atoms with E-state index in [9.17, 15) is 19.8 Å². The van der Waals surface area contributed by atoms with Crippen molar-refractivity contribution in [1.29, 1.82) is 0 Å². The number of nitrogens with zero attached hydrogens (tertiary/aromatic N) is 1. The summed E-state index contributed by atoms with van der Waals surface area (Å²) in [5.74, 6) is 0. The van der Waals surface area contributed by atoms with E-state index in [-0.39, 0.29) is 28.0 Å². The van der Waals surface area contributed by atoms with Crippen molar-refractivity contribution < 1.29 is 14.9 Å². The Morgan fingerprint density at radius 1 is 1.32 bits per heavy atom. The standard InChI is InChI=1S/C17H20N2O5Se/c1-10-2-4-12(5-3-10)25-9-11-7-19(17(23)18-16(11)22)15-6-13(21)14(8-20)24-15/h2-5,7,13-15,20-21H,6,8-9H2,1H3,(H,18,22,23)/t13?,14-,15-/m1/s1. The van der Waals surface area contributed by atoms with Gasteiger partial charge in [0.05, 0.1) is 0 Å². The molecule has 2 aromatic rings. The van der Waals surface area contributed by atoms with E-state index in [1.54, 1.807) is 0 Å². The fraction of sp³-hybridized carbons (Fsp3) is 0.412. The first-order chi connectivity index (χ1) is 12.0. The average molecular weight is 411 g/mol. The van der Waals surface area contributed by atoms with Crippen LogP contribution in [-0.4, -0.2) is 53.5 Å². The van der Waals surface area contributed by atoms with Gasteiger partial charge in [0.1, 0.15) is 0 Å². The molecule has 1 fully saturated rings. The van der Waals surface area contributed by atoms with Gasteiger partial charge in [0.2, 0.25) is 0 Å². The summed E-state index contributed by atoms with van der Waals surface area (Å²) >= 11 is 0.0621. The Morgan fingerprint density at radius 2 is 2.04 bits per heavy atom. The third-order valence-electron chi connectivity index (χ3n) is 4.15. The van der Waals surface area contributed by atoms with E-state index >= 15 is 0 Å². The Hall–Kier alpha value is -1.70. The zero-order chi connectivity index (χ0) is 18.0. The number of aliphatic hydroxyl groups is 2. The molecule has 134 valence electrons. The SMILES string of the molecule is Cc1ccc([Se]Cc2cn([C@H]3CC(O)[C@@H](CO)O3)c(=O)[nH]c2=O)cc1. The Balaban J connectivity index is 1.80. The minimum atomic E-state index is -0.839. The molecule has 2 heterocycles. The van der Waals surface area contributed by atoms with Crippen molar-refractivity contribution >= 4 is 19.4 Å². The quantitative estimate of drug-likeness (QED) is 0.549. The van der Waals surface area contributed by atoms with Crippen LogP contribution in [0.15, 0.2) is 40.1 Å². The van der Waals surface area contributed by atoms with Gasteiger partial charge < -0.3 is 0 Å². The second-order valence-electron chi connectivity index (χ2n) is 6.04. The summed E-state index contributed by atoms with van der Waals surface area (Å²) in [6.45, 7) is 1.70. The van der Waals surface area contributed by atoms with Gasteiger partial charge in [0.15, 0.2) is 0 Å². The molecule has 3 atom stereocenters. The topological polar surface area (TPSA) is 105 Å². The number of hydrogen-bond donors (Lipinski definition) is 3. The molecular weight excluding hydrogens is 391 g/mol. The molecule has 1 aromatic carbocycles. The van der Waals surface area contributed by atoms with E-state index in [2.05, 4.69) is 4.98 Å². The van der Waals surface area contributed by atoms with Gasteiger partial charge in [-0.1, -0.05) is 0 Å². The monoisotopic (exact) mass is 412 g/mol. The Kier molecular flexibility index (Phi) is 5.56. The number of hydrogen-bond acceptors (Lipinski definition) is 5. The predicted octanol–water partition coefficient (Wildman–Crippen LogP) is -0.985. The van der Waals surface area contributed by atoms with Gasteiger partial charge in [-0.15, -0.1) is 0 Å². The van der Waals surface area contributed by atoms with Gasteiger partial charge in [0.25, 0.3) is 0 Å². The fourth-order valence-electron chi connectivity index (χ4n) is 2.69. The first-order valence-corrected chi connectivity index (χ1v) is 10.0. The van der Waals surface area contributed by atoms with Crippen LogP contribution in [-0.2, 0) is 10.1 Å². The van der Waals surface area contributed by atoms with E-state index in [4.69, 9.17) is 4.74 Å². The van der Waals surface area contributed by atoms with Crippen LogP contribution in [0.2, 0.25) is 0 Å². The van der Waals surface area contributed by atoms with Crippen molar-refractivity contribution in [2.75, 3.05) is 6.61 Å². The predicted molar refractivity (Wildman–Crippen MR) is 93.2 cm³/mol. The molecule has 1 saturated heterocycles. The van der Waals surface area contributed by atoms with E-state index in [0.717, 1.165) is 0 Å². The summed E-state index contributed by atoms with van der Waals surface area (Å²) in [5.41, 5.74) is 0.715. The van der Waals surface area contributed by atoms with Crippen LogP contribution in [0.1, 0.15) is 23.8 Å². The molecule has 0 spiro atoms. The molecule has 1 aliphatic heterocycles. The normalized spacial score (nSPS) is 23.1. The number of aliphatic hydroxyl groups excluding tert-OH is 2. The summed E-state index contributed by atoms with van der Waals surface area (Å²) in [4.78, 5) is 26.5. The molecule has 1 unspecified atom stereocenters. The van der Waals surface area contributed by atoms with Crippen molar-refractivity contribution in [3.8, 4) is 0 Å². The van der Waals surface area contributed by atoms with Crippen molar-refractivity contribution in [2.45, 2.75) is 37.1 Å². The molecule has 0 bridgehead atoms. The zero-order valence-electron chi connectivity index (χ0n) is 13.7. The number of ether oxygens (including phenoxy) is 1. The third kappa shape index (κ3) is 4.11. The maximum absolute atomic E-state index is 12.1. The second-order valence-corrected chi connectivity index (χ2v) is 8.24. The number of aromatic amines is 1. The number of benzene rings is 1. The molecule has 0 saturated carbocycles. The van der Waals surface area contributed by atoms with Gasteiger partial charge in [-0.2, -0.15) is 0 Å². The summed E-state index contributed by atoms with van der Waals surface area (Å²) in [6, 6.07) is 8.15. The minimum absolute atomic E-state index is 0.0621.